The molecule has 19 heavy (non-hydrogen) atoms. The van der Waals surface area contributed by atoms with Crippen molar-refractivity contribution < 1.29 is 19.2 Å². The van der Waals surface area contributed by atoms with Gasteiger partial charge in [-0.05, 0) is 40.2 Å². The maximum atomic E-state index is 12.8. The summed E-state index contributed by atoms with van der Waals surface area (Å²) in [6.07, 6.45) is 1.49. The Kier molecular flexibility index (Phi) is 4.43. The van der Waals surface area contributed by atoms with Gasteiger partial charge in [0, 0.05) is 16.7 Å². The summed E-state index contributed by atoms with van der Waals surface area (Å²) in [6, 6.07) is 6.94. The predicted octanol–water partition coefficient (Wildman–Crippen LogP) is 2.35. The Hall–Kier alpha value is -1.54. The monoisotopic (exact) mass is 328 g/mol. The average Bonchev–Trinajstić information content (AvgIpc) is 2.42. The molecule has 1 N–H and O–H groups in total. The van der Waals surface area contributed by atoms with E-state index in [9.17, 15) is 9.60 Å². The number of nitrogens with zero attached hydrogens (tertiary/aromatic N) is 1. The molecule has 0 amide bonds. The second kappa shape index (κ2) is 6.07. The van der Waals surface area contributed by atoms with Gasteiger partial charge < -0.3 is 9.94 Å². The van der Waals surface area contributed by atoms with Crippen LogP contribution in [0.25, 0.3) is 0 Å². The Balaban J connectivity index is 2.31. The number of nitrogens with one attached hydrogen (secondary N) is 1. The maximum absolute atomic E-state index is 12.8. The fraction of sp³-hybridized carbons (Fsp3) is 0.0833. The van der Waals surface area contributed by atoms with Gasteiger partial charge in [0.05, 0.1) is 7.11 Å². The van der Waals surface area contributed by atoms with Gasteiger partial charge in [0.25, 0.3) is 5.88 Å². The molecule has 0 bridgehead atoms. The number of benzene rings is 1. The van der Waals surface area contributed by atoms with Crippen molar-refractivity contribution in [1.82, 2.24) is 4.98 Å². The predicted molar refractivity (Wildman–Crippen MR) is 69.4 cm³/mol. The summed E-state index contributed by atoms with van der Waals surface area (Å²) >= 11 is 3.21. The number of halogens is 2. The van der Waals surface area contributed by atoms with Crippen LogP contribution in [0.3, 0.4) is 0 Å². The van der Waals surface area contributed by atoms with Gasteiger partial charge >= 0.3 is 0 Å². The van der Waals surface area contributed by atoms with Gasteiger partial charge in [-0.2, -0.15) is 5.23 Å². The normalized spacial score (nSPS) is 12.2. The quantitative estimate of drug-likeness (QED) is 0.875. The lowest BCUT2D eigenvalue weighted by molar-refractivity contribution is -0.992. The second-order valence-corrected chi connectivity index (χ2v) is 4.47. The third-order valence-corrected chi connectivity index (χ3v) is 2.68. The summed E-state index contributed by atoms with van der Waals surface area (Å²) in [5.74, 6) is 0.104. The Bertz CT molecular complexity index is 565. The van der Waals surface area contributed by atoms with Crippen LogP contribution in [0.15, 0.2) is 41.0 Å². The highest BCUT2D eigenvalue weighted by Crippen LogP contribution is 2.27. The molecule has 0 saturated heterocycles. The number of hydrogen-bond acceptors (Lipinski definition) is 4. The minimum absolute atomic E-state index is 0.0988. The second-order valence-electron chi connectivity index (χ2n) is 3.55. The van der Waals surface area contributed by atoms with E-state index in [-0.39, 0.29) is 17.4 Å². The van der Waals surface area contributed by atoms with Gasteiger partial charge in [0.2, 0.25) is 5.69 Å². The molecule has 1 unspecified atom stereocenters. The molecule has 2 aromatic rings. The van der Waals surface area contributed by atoms with Crippen molar-refractivity contribution in [3.05, 3.63) is 52.0 Å². The van der Waals surface area contributed by atoms with Crippen molar-refractivity contribution >= 4 is 21.6 Å². The van der Waals surface area contributed by atoms with E-state index >= 15 is 0 Å². The number of quaternary nitrogens is 1. The molecule has 0 fully saturated rings. The molecule has 1 aromatic carbocycles. The molecule has 0 aliphatic heterocycles. The van der Waals surface area contributed by atoms with Gasteiger partial charge in [-0.1, -0.05) is 0 Å². The molecule has 1 heterocycles. The first-order chi connectivity index (χ1) is 9.10. The van der Waals surface area contributed by atoms with Crippen LogP contribution in [0.2, 0.25) is 0 Å². The summed E-state index contributed by atoms with van der Waals surface area (Å²) in [5, 5.41) is 11.0. The number of rotatable bonds is 4. The van der Waals surface area contributed by atoms with Crippen LogP contribution in [-0.4, -0.2) is 12.1 Å². The maximum Gasteiger partial charge on any atom is 0.285 e. The van der Waals surface area contributed by atoms with E-state index in [1.807, 2.05) is 0 Å². The van der Waals surface area contributed by atoms with Gasteiger partial charge in [-0.3, -0.25) is 0 Å². The van der Waals surface area contributed by atoms with E-state index in [0.717, 1.165) is 0 Å². The summed E-state index contributed by atoms with van der Waals surface area (Å²) in [5.41, 5.74) is 0.182. The standard InChI is InChI=1S/C12H10BrFN2O3/c1-18-16(17)11-6-8(13)7-15-12(11)19-10-4-2-9(14)3-5-10/h2-7,16H,1H3. The number of ether oxygens (including phenoxy) is 1. The number of pyridine rings is 1. The molecule has 0 spiro atoms. The number of aromatic nitrogens is 1. The Morgan fingerprint density at radius 2 is 2.00 bits per heavy atom. The highest BCUT2D eigenvalue weighted by atomic mass is 79.9. The lowest BCUT2D eigenvalue weighted by Crippen LogP contribution is -3.00. The molecule has 0 radical (unpaired) electrons. The van der Waals surface area contributed by atoms with E-state index < -0.39 is 5.23 Å². The molecular weight excluding hydrogens is 319 g/mol. The lowest BCUT2D eigenvalue weighted by Gasteiger charge is -2.18. The van der Waals surface area contributed by atoms with Crippen molar-refractivity contribution in [1.29, 1.82) is 0 Å². The van der Waals surface area contributed by atoms with E-state index in [1.165, 1.54) is 43.6 Å². The first-order valence-corrected chi connectivity index (χ1v) is 6.06. The van der Waals surface area contributed by atoms with Crippen LogP contribution >= 0.6 is 15.9 Å². The average molecular weight is 329 g/mol. The fourth-order valence-electron chi connectivity index (χ4n) is 1.38. The smallest absolute Gasteiger partial charge is 0.285 e. The van der Waals surface area contributed by atoms with E-state index in [1.54, 1.807) is 0 Å². The zero-order valence-corrected chi connectivity index (χ0v) is 11.5. The molecule has 5 nitrogen and oxygen atoms in total. The van der Waals surface area contributed by atoms with E-state index in [2.05, 4.69) is 25.8 Å². The van der Waals surface area contributed by atoms with Crippen LogP contribution < -0.4 is 9.96 Å². The molecule has 0 aliphatic rings. The minimum Gasteiger partial charge on any atom is -0.594 e. The summed E-state index contributed by atoms with van der Waals surface area (Å²) in [7, 11) is 1.27. The Morgan fingerprint density at radius 1 is 1.32 bits per heavy atom. The summed E-state index contributed by atoms with van der Waals surface area (Å²) < 4.78 is 18.9. The molecule has 7 heteroatoms. The topological polar surface area (TPSA) is 58.9 Å². The highest BCUT2D eigenvalue weighted by Gasteiger charge is 2.15. The van der Waals surface area contributed by atoms with Gasteiger partial charge in [-0.15, -0.1) is 0 Å². The largest absolute Gasteiger partial charge is 0.594 e. The summed E-state index contributed by atoms with van der Waals surface area (Å²) in [6.45, 7) is 0. The fourth-order valence-corrected chi connectivity index (χ4v) is 1.71. The zero-order chi connectivity index (χ0) is 13.8. The molecule has 1 aromatic heterocycles. The first-order valence-electron chi connectivity index (χ1n) is 5.27. The SMILES string of the molecule is CO[NH+]([O-])c1cc(Br)cnc1Oc1ccc(F)cc1. The van der Waals surface area contributed by atoms with Crippen LogP contribution in [0.1, 0.15) is 0 Å². The van der Waals surface area contributed by atoms with E-state index in [0.29, 0.717) is 10.2 Å². The molecule has 0 saturated carbocycles. The third-order valence-electron chi connectivity index (χ3n) is 2.25. The van der Waals surface area contributed by atoms with Crippen LogP contribution in [-0.2, 0) is 4.84 Å². The van der Waals surface area contributed by atoms with E-state index in [4.69, 9.17) is 4.74 Å². The summed E-state index contributed by atoms with van der Waals surface area (Å²) in [4.78, 5) is 8.65. The molecule has 0 aliphatic carbocycles. The molecule has 2 rings (SSSR count). The third kappa shape index (κ3) is 3.48. The Morgan fingerprint density at radius 3 is 2.63 bits per heavy atom. The van der Waals surface area contributed by atoms with Crippen LogP contribution in [0, 0.1) is 11.0 Å². The van der Waals surface area contributed by atoms with Gasteiger partial charge in [0.1, 0.15) is 11.6 Å². The van der Waals surface area contributed by atoms with Crippen LogP contribution in [0.4, 0.5) is 10.1 Å². The van der Waals surface area contributed by atoms with Crippen molar-refractivity contribution in [2.24, 2.45) is 0 Å². The minimum atomic E-state index is -0.564. The van der Waals surface area contributed by atoms with Gasteiger partial charge in [-0.25, -0.2) is 14.2 Å². The Labute approximate surface area is 117 Å². The number of hydrogen-bond donors (Lipinski definition) is 1. The van der Waals surface area contributed by atoms with Crippen LogP contribution in [0.5, 0.6) is 11.6 Å². The lowest BCUT2D eigenvalue weighted by atomic mass is 10.3. The zero-order valence-electron chi connectivity index (χ0n) is 9.89. The van der Waals surface area contributed by atoms with Crippen molar-refractivity contribution in [3.8, 4) is 11.6 Å². The molecule has 100 valence electrons. The van der Waals surface area contributed by atoms with Crippen molar-refractivity contribution in [2.45, 2.75) is 0 Å². The highest BCUT2D eigenvalue weighted by molar-refractivity contribution is 9.10. The van der Waals surface area contributed by atoms with Crippen molar-refractivity contribution in [3.63, 3.8) is 0 Å². The molecule has 1 atom stereocenters. The van der Waals surface area contributed by atoms with Crippen molar-refractivity contribution in [2.75, 3.05) is 7.11 Å². The first kappa shape index (κ1) is 13.9. The molecular formula is C12H10BrFN2O3. The van der Waals surface area contributed by atoms with Gasteiger partial charge in [0.15, 0.2) is 0 Å².